The van der Waals surface area contributed by atoms with Crippen molar-refractivity contribution in [3.63, 3.8) is 0 Å². The summed E-state index contributed by atoms with van der Waals surface area (Å²) in [6, 6.07) is 7.88. The van der Waals surface area contributed by atoms with Crippen LogP contribution >= 0.6 is 7.60 Å². The van der Waals surface area contributed by atoms with Gasteiger partial charge in [-0.15, -0.1) is 0 Å². The Morgan fingerprint density at radius 3 is 2.74 bits per heavy atom. The van der Waals surface area contributed by atoms with E-state index in [0.29, 0.717) is 12.5 Å². The topological polar surface area (TPSA) is 35.5 Å². The minimum absolute atomic E-state index is 0.0519. The predicted molar refractivity (Wildman–Crippen MR) is 75.6 cm³/mol. The Kier molecular flexibility index (Phi) is 3.68. The minimum atomic E-state index is -3.03. The van der Waals surface area contributed by atoms with Gasteiger partial charge >= 0.3 is 7.60 Å². The fourth-order valence-corrected chi connectivity index (χ4v) is 5.92. The van der Waals surface area contributed by atoms with E-state index in [9.17, 15) is 4.57 Å². The average molecular weight is 280 g/mol. The van der Waals surface area contributed by atoms with Crippen LogP contribution in [0.4, 0.5) is 0 Å². The lowest BCUT2D eigenvalue weighted by molar-refractivity contribution is 0.257. The first-order valence-electron chi connectivity index (χ1n) is 7.27. The minimum Gasteiger partial charge on any atom is -0.424 e. The van der Waals surface area contributed by atoms with Crippen LogP contribution in [0.5, 0.6) is 5.75 Å². The maximum atomic E-state index is 13.1. The molecule has 1 aliphatic heterocycles. The van der Waals surface area contributed by atoms with Crippen molar-refractivity contribution in [1.82, 2.24) is 0 Å². The van der Waals surface area contributed by atoms with E-state index in [0.717, 1.165) is 24.2 Å². The van der Waals surface area contributed by atoms with E-state index >= 15 is 0 Å². The van der Waals surface area contributed by atoms with Crippen LogP contribution in [0.1, 0.15) is 50.3 Å². The van der Waals surface area contributed by atoms with Crippen LogP contribution in [0.3, 0.4) is 0 Å². The number of hydrogen-bond donors (Lipinski definition) is 0. The van der Waals surface area contributed by atoms with Gasteiger partial charge in [-0.25, -0.2) is 4.57 Å². The number of benzene rings is 1. The van der Waals surface area contributed by atoms with Crippen molar-refractivity contribution >= 4 is 7.60 Å². The Bertz CT molecular complexity index is 494. The van der Waals surface area contributed by atoms with E-state index < -0.39 is 7.60 Å². The van der Waals surface area contributed by atoms with Crippen LogP contribution in [0.15, 0.2) is 24.3 Å². The standard InChI is InChI=1S/C15H21O3P/c1-2-17-19(16)15(12-8-4-3-5-9-12)13-10-6-7-11-14(13)18-19/h6-7,10-12,15H,2-5,8-9H2,1H3. The van der Waals surface area contributed by atoms with Crippen LogP contribution in [-0.4, -0.2) is 6.61 Å². The summed E-state index contributed by atoms with van der Waals surface area (Å²) in [6.45, 7) is 2.32. The lowest BCUT2D eigenvalue weighted by Gasteiger charge is -2.29. The highest BCUT2D eigenvalue weighted by molar-refractivity contribution is 7.55. The van der Waals surface area contributed by atoms with Crippen LogP contribution in [-0.2, 0) is 9.09 Å². The molecule has 1 aromatic carbocycles. The molecule has 2 aliphatic rings. The molecule has 0 saturated heterocycles. The van der Waals surface area contributed by atoms with Gasteiger partial charge in [-0.2, -0.15) is 0 Å². The number of fused-ring (bicyclic) bond motifs is 1. The summed E-state index contributed by atoms with van der Waals surface area (Å²) in [7, 11) is -3.03. The van der Waals surface area contributed by atoms with Crippen molar-refractivity contribution in [2.24, 2.45) is 5.92 Å². The van der Waals surface area contributed by atoms with Gasteiger partial charge in [0.1, 0.15) is 11.4 Å². The lowest BCUT2D eigenvalue weighted by atomic mass is 9.84. The molecule has 3 nitrogen and oxygen atoms in total. The fourth-order valence-electron chi connectivity index (χ4n) is 3.42. The maximum absolute atomic E-state index is 13.1. The molecule has 2 unspecified atom stereocenters. The molecular weight excluding hydrogens is 259 g/mol. The van der Waals surface area contributed by atoms with Gasteiger partial charge in [0.15, 0.2) is 0 Å². The summed E-state index contributed by atoms with van der Waals surface area (Å²) in [4.78, 5) is 0. The van der Waals surface area contributed by atoms with E-state index in [1.165, 1.54) is 19.3 Å². The molecule has 0 aromatic heterocycles. The molecule has 1 saturated carbocycles. The molecule has 1 aliphatic carbocycles. The molecule has 1 heterocycles. The van der Waals surface area contributed by atoms with Crippen LogP contribution < -0.4 is 4.52 Å². The van der Waals surface area contributed by atoms with Crippen molar-refractivity contribution in [1.29, 1.82) is 0 Å². The third-order valence-corrected chi connectivity index (χ3v) is 6.66. The molecule has 0 N–H and O–H groups in total. The van der Waals surface area contributed by atoms with E-state index in [-0.39, 0.29) is 5.66 Å². The zero-order valence-electron chi connectivity index (χ0n) is 11.4. The molecule has 0 radical (unpaired) electrons. The molecule has 0 bridgehead atoms. The summed E-state index contributed by atoms with van der Waals surface area (Å²) >= 11 is 0. The van der Waals surface area contributed by atoms with Gasteiger partial charge in [0.25, 0.3) is 0 Å². The van der Waals surface area contributed by atoms with Crippen molar-refractivity contribution in [2.45, 2.75) is 44.7 Å². The van der Waals surface area contributed by atoms with Gasteiger partial charge < -0.3 is 4.52 Å². The summed E-state index contributed by atoms with van der Waals surface area (Å²) in [5.74, 6) is 1.20. The summed E-state index contributed by atoms with van der Waals surface area (Å²) in [5, 5.41) is 0. The van der Waals surface area contributed by atoms with Crippen LogP contribution in [0.25, 0.3) is 0 Å². The largest absolute Gasteiger partial charge is 0.424 e. The fraction of sp³-hybridized carbons (Fsp3) is 0.600. The van der Waals surface area contributed by atoms with Crippen molar-refractivity contribution in [3.8, 4) is 5.75 Å². The molecule has 2 atom stereocenters. The second kappa shape index (κ2) is 5.30. The summed E-state index contributed by atoms with van der Waals surface area (Å²) < 4.78 is 24.4. The molecule has 104 valence electrons. The van der Waals surface area contributed by atoms with Crippen molar-refractivity contribution in [2.75, 3.05) is 6.61 Å². The molecule has 1 fully saturated rings. The average Bonchev–Trinajstić information content (AvgIpc) is 2.71. The van der Waals surface area contributed by atoms with Crippen LogP contribution in [0.2, 0.25) is 0 Å². The number of para-hydroxylation sites is 1. The second-order valence-electron chi connectivity index (χ2n) is 5.43. The Hall–Kier alpha value is -0.790. The predicted octanol–water partition coefficient (Wildman–Crippen LogP) is 4.93. The first kappa shape index (κ1) is 13.2. The SMILES string of the molecule is CCOP1(=O)Oc2ccccc2C1C1CCCCC1. The summed E-state index contributed by atoms with van der Waals surface area (Å²) in [5.41, 5.74) is 1.04. The Labute approximate surface area is 114 Å². The third kappa shape index (κ3) is 2.34. The molecule has 0 spiro atoms. The van der Waals surface area contributed by atoms with Gasteiger partial charge in [0.05, 0.1) is 6.61 Å². The van der Waals surface area contributed by atoms with Crippen LogP contribution in [0, 0.1) is 5.92 Å². The highest BCUT2D eigenvalue weighted by Crippen LogP contribution is 2.71. The number of hydrogen-bond acceptors (Lipinski definition) is 3. The first-order valence-corrected chi connectivity index (χ1v) is 8.88. The normalized spacial score (nSPS) is 30.9. The van der Waals surface area contributed by atoms with Gasteiger partial charge in [-0.1, -0.05) is 37.5 Å². The smallest absolute Gasteiger partial charge is 0.387 e. The van der Waals surface area contributed by atoms with E-state index in [2.05, 4.69) is 0 Å². The highest BCUT2D eigenvalue weighted by atomic mass is 31.2. The Morgan fingerprint density at radius 1 is 1.26 bits per heavy atom. The summed E-state index contributed by atoms with van der Waals surface area (Å²) in [6.07, 6.45) is 6.04. The van der Waals surface area contributed by atoms with E-state index in [4.69, 9.17) is 9.05 Å². The van der Waals surface area contributed by atoms with Gasteiger partial charge in [-0.05, 0) is 31.7 Å². The molecule has 1 aromatic rings. The molecule has 4 heteroatoms. The number of rotatable bonds is 3. The van der Waals surface area contributed by atoms with Gasteiger partial charge in [-0.3, -0.25) is 4.52 Å². The third-order valence-electron chi connectivity index (χ3n) is 4.21. The van der Waals surface area contributed by atoms with Crippen molar-refractivity contribution < 1.29 is 13.6 Å². The zero-order chi connectivity index (χ0) is 13.3. The molecule has 3 rings (SSSR count). The van der Waals surface area contributed by atoms with E-state index in [1.54, 1.807) is 0 Å². The van der Waals surface area contributed by atoms with E-state index in [1.807, 2.05) is 31.2 Å². The maximum Gasteiger partial charge on any atom is 0.387 e. The molecule has 0 amide bonds. The Balaban J connectivity index is 1.97. The Morgan fingerprint density at radius 2 is 2.00 bits per heavy atom. The second-order valence-corrected chi connectivity index (χ2v) is 7.51. The zero-order valence-corrected chi connectivity index (χ0v) is 12.3. The van der Waals surface area contributed by atoms with Gasteiger partial charge in [0, 0.05) is 5.56 Å². The highest BCUT2D eigenvalue weighted by Gasteiger charge is 2.49. The molecular formula is C15H21O3P. The monoisotopic (exact) mass is 280 g/mol. The quantitative estimate of drug-likeness (QED) is 0.736. The van der Waals surface area contributed by atoms with Gasteiger partial charge in [0.2, 0.25) is 0 Å². The van der Waals surface area contributed by atoms with Crippen molar-refractivity contribution in [3.05, 3.63) is 29.8 Å². The molecule has 19 heavy (non-hydrogen) atoms. The first-order chi connectivity index (χ1) is 9.24. The lowest BCUT2D eigenvalue weighted by Crippen LogP contribution is -2.16.